The molecule has 0 aliphatic carbocycles. The van der Waals surface area contributed by atoms with E-state index in [1.165, 1.54) is 0 Å². The van der Waals surface area contributed by atoms with Gasteiger partial charge in [0.15, 0.2) is 0 Å². The maximum atomic E-state index is 8.70. The van der Waals surface area contributed by atoms with Crippen molar-refractivity contribution in [3.63, 3.8) is 0 Å². The number of hydrogen-bond donors (Lipinski definition) is 1. The molecule has 0 amide bonds. The zero-order valence-corrected chi connectivity index (χ0v) is 9.94. The Bertz CT molecular complexity index is 546. The standard InChI is InChI=1S/C13H14N4/c1-10-13(9-17(2)16-10)15-8-12-5-3-11(7-14)4-6-12/h3-6,9,15H,8H2,1-2H3. The summed E-state index contributed by atoms with van der Waals surface area (Å²) in [5.41, 5.74) is 3.86. The van der Waals surface area contributed by atoms with Gasteiger partial charge in [-0.3, -0.25) is 4.68 Å². The van der Waals surface area contributed by atoms with Crippen molar-refractivity contribution in [2.75, 3.05) is 5.32 Å². The Morgan fingerprint density at radius 1 is 1.35 bits per heavy atom. The molecule has 1 aromatic heterocycles. The zero-order chi connectivity index (χ0) is 12.3. The van der Waals surface area contributed by atoms with Crippen molar-refractivity contribution < 1.29 is 0 Å². The molecule has 2 aromatic rings. The lowest BCUT2D eigenvalue weighted by molar-refractivity contribution is 0.756. The Morgan fingerprint density at radius 3 is 2.59 bits per heavy atom. The first kappa shape index (κ1) is 11.2. The summed E-state index contributed by atoms with van der Waals surface area (Å²) in [6, 6.07) is 9.67. The predicted molar refractivity (Wildman–Crippen MR) is 66.4 cm³/mol. The Morgan fingerprint density at radius 2 is 2.06 bits per heavy atom. The number of hydrogen-bond acceptors (Lipinski definition) is 3. The molecule has 86 valence electrons. The van der Waals surface area contributed by atoms with Gasteiger partial charge >= 0.3 is 0 Å². The molecule has 1 N–H and O–H groups in total. The maximum Gasteiger partial charge on any atom is 0.0991 e. The van der Waals surface area contributed by atoms with E-state index in [-0.39, 0.29) is 0 Å². The van der Waals surface area contributed by atoms with E-state index >= 15 is 0 Å². The van der Waals surface area contributed by atoms with Crippen LogP contribution in [0.4, 0.5) is 5.69 Å². The zero-order valence-electron chi connectivity index (χ0n) is 9.94. The van der Waals surface area contributed by atoms with Crippen LogP contribution < -0.4 is 5.32 Å². The molecule has 0 unspecified atom stereocenters. The van der Waals surface area contributed by atoms with Crippen molar-refractivity contribution in [2.24, 2.45) is 7.05 Å². The first-order valence-corrected chi connectivity index (χ1v) is 5.42. The summed E-state index contributed by atoms with van der Waals surface area (Å²) in [7, 11) is 1.90. The van der Waals surface area contributed by atoms with Gasteiger partial charge in [-0.05, 0) is 24.6 Å². The minimum absolute atomic E-state index is 0.686. The molecule has 0 aliphatic heterocycles. The fraction of sp³-hybridized carbons (Fsp3) is 0.231. The molecule has 0 spiro atoms. The van der Waals surface area contributed by atoms with Crippen LogP contribution in [0.2, 0.25) is 0 Å². The molecule has 0 saturated carbocycles. The lowest BCUT2D eigenvalue weighted by Crippen LogP contribution is -1.99. The van der Waals surface area contributed by atoms with Crippen molar-refractivity contribution in [1.82, 2.24) is 9.78 Å². The number of anilines is 1. The molecule has 0 radical (unpaired) electrons. The van der Waals surface area contributed by atoms with Gasteiger partial charge in [0, 0.05) is 19.8 Å². The van der Waals surface area contributed by atoms with Crippen LogP contribution in [0.25, 0.3) is 0 Å². The third-order valence-corrected chi connectivity index (χ3v) is 2.58. The average Bonchev–Trinajstić information content (AvgIpc) is 2.66. The van der Waals surface area contributed by atoms with Crippen molar-refractivity contribution in [3.8, 4) is 6.07 Å². The number of aryl methyl sites for hydroxylation is 2. The van der Waals surface area contributed by atoms with Gasteiger partial charge in [0.25, 0.3) is 0 Å². The molecule has 2 rings (SSSR count). The van der Waals surface area contributed by atoms with Gasteiger partial charge in [0.1, 0.15) is 0 Å². The van der Waals surface area contributed by atoms with E-state index in [0.29, 0.717) is 5.56 Å². The van der Waals surface area contributed by atoms with Crippen LogP contribution in [-0.4, -0.2) is 9.78 Å². The average molecular weight is 226 g/mol. The van der Waals surface area contributed by atoms with Gasteiger partial charge in [-0.15, -0.1) is 0 Å². The van der Waals surface area contributed by atoms with E-state index < -0.39 is 0 Å². The molecular formula is C13H14N4. The number of nitrogens with zero attached hydrogens (tertiary/aromatic N) is 3. The van der Waals surface area contributed by atoms with Gasteiger partial charge in [-0.2, -0.15) is 10.4 Å². The number of nitriles is 1. The molecular weight excluding hydrogens is 212 g/mol. The van der Waals surface area contributed by atoms with E-state index in [1.54, 1.807) is 4.68 Å². The Hall–Kier alpha value is -2.28. The van der Waals surface area contributed by atoms with Crippen LogP contribution in [-0.2, 0) is 13.6 Å². The number of nitrogens with one attached hydrogen (secondary N) is 1. The molecule has 0 saturated heterocycles. The Kier molecular flexibility index (Phi) is 3.10. The van der Waals surface area contributed by atoms with Gasteiger partial charge in [-0.25, -0.2) is 0 Å². The molecule has 1 aromatic carbocycles. The highest BCUT2D eigenvalue weighted by molar-refractivity contribution is 5.46. The maximum absolute atomic E-state index is 8.70. The Balaban J connectivity index is 2.02. The van der Waals surface area contributed by atoms with E-state index in [2.05, 4.69) is 16.5 Å². The molecule has 0 bridgehead atoms. The third-order valence-electron chi connectivity index (χ3n) is 2.58. The number of aromatic nitrogens is 2. The first-order valence-electron chi connectivity index (χ1n) is 5.42. The van der Waals surface area contributed by atoms with Crippen molar-refractivity contribution in [3.05, 3.63) is 47.3 Å². The summed E-state index contributed by atoms with van der Waals surface area (Å²) in [6.07, 6.45) is 1.96. The molecule has 1 heterocycles. The van der Waals surface area contributed by atoms with Crippen LogP contribution in [0.1, 0.15) is 16.8 Å². The van der Waals surface area contributed by atoms with Gasteiger partial charge in [0.05, 0.1) is 23.0 Å². The molecule has 0 fully saturated rings. The summed E-state index contributed by atoms with van der Waals surface area (Å²) >= 11 is 0. The van der Waals surface area contributed by atoms with Crippen LogP contribution in [0.15, 0.2) is 30.5 Å². The molecule has 0 atom stereocenters. The second-order valence-corrected chi connectivity index (χ2v) is 3.96. The SMILES string of the molecule is Cc1nn(C)cc1NCc1ccc(C#N)cc1. The normalized spacial score (nSPS) is 9.94. The van der Waals surface area contributed by atoms with E-state index in [0.717, 1.165) is 23.5 Å². The van der Waals surface area contributed by atoms with Crippen LogP contribution in [0.3, 0.4) is 0 Å². The highest BCUT2D eigenvalue weighted by Crippen LogP contribution is 2.13. The summed E-state index contributed by atoms with van der Waals surface area (Å²) in [5, 5.41) is 16.3. The summed E-state index contributed by atoms with van der Waals surface area (Å²) in [5.74, 6) is 0. The fourth-order valence-corrected chi connectivity index (χ4v) is 1.67. The Labute approximate surface area is 100 Å². The topological polar surface area (TPSA) is 53.6 Å². The second-order valence-electron chi connectivity index (χ2n) is 3.96. The molecule has 4 heteroatoms. The minimum atomic E-state index is 0.686. The fourth-order valence-electron chi connectivity index (χ4n) is 1.67. The second kappa shape index (κ2) is 4.71. The van der Waals surface area contributed by atoms with Gasteiger partial charge in [0.2, 0.25) is 0 Å². The lowest BCUT2D eigenvalue weighted by atomic mass is 10.1. The van der Waals surface area contributed by atoms with E-state index in [9.17, 15) is 0 Å². The molecule has 17 heavy (non-hydrogen) atoms. The van der Waals surface area contributed by atoms with E-state index in [1.807, 2.05) is 44.4 Å². The summed E-state index contributed by atoms with van der Waals surface area (Å²) < 4.78 is 1.79. The smallest absolute Gasteiger partial charge is 0.0991 e. The van der Waals surface area contributed by atoms with Crippen molar-refractivity contribution in [1.29, 1.82) is 5.26 Å². The summed E-state index contributed by atoms with van der Waals surface area (Å²) in [4.78, 5) is 0. The van der Waals surface area contributed by atoms with Gasteiger partial charge < -0.3 is 5.32 Å². The van der Waals surface area contributed by atoms with Crippen molar-refractivity contribution in [2.45, 2.75) is 13.5 Å². The molecule has 4 nitrogen and oxygen atoms in total. The first-order chi connectivity index (χ1) is 8.19. The lowest BCUT2D eigenvalue weighted by Gasteiger charge is -2.04. The van der Waals surface area contributed by atoms with Crippen LogP contribution in [0, 0.1) is 18.3 Å². The molecule has 0 aliphatic rings. The van der Waals surface area contributed by atoms with Gasteiger partial charge in [-0.1, -0.05) is 12.1 Å². The van der Waals surface area contributed by atoms with E-state index in [4.69, 9.17) is 5.26 Å². The number of rotatable bonds is 3. The monoisotopic (exact) mass is 226 g/mol. The van der Waals surface area contributed by atoms with Crippen LogP contribution in [0.5, 0.6) is 0 Å². The predicted octanol–water partition coefficient (Wildman–Crippen LogP) is 2.21. The summed E-state index contributed by atoms with van der Waals surface area (Å²) in [6.45, 7) is 2.71. The number of benzene rings is 1. The van der Waals surface area contributed by atoms with Crippen molar-refractivity contribution >= 4 is 5.69 Å². The quantitative estimate of drug-likeness (QED) is 0.873. The largest absolute Gasteiger partial charge is 0.378 e. The highest BCUT2D eigenvalue weighted by Gasteiger charge is 2.02. The van der Waals surface area contributed by atoms with Crippen LogP contribution >= 0.6 is 0 Å². The minimum Gasteiger partial charge on any atom is -0.378 e. The highest BCUT2D eigenvalue weighted by atomic mass is 15.3. The third kappa shape index (κ3) is 2.64.